The molecule has 2 unspecified atom stereocenters. The second kappa shape index (κ2) is 4.92. The number of rotatable bonds is 3. The molecule has 2 fully saturated rings. The third-order valence-electron chi connectivity index (χ3n) is 3.14. The summed E-state index contributed by atoms with van der Waals surface area (Å²) in [6, 6.07) is -0.164. The summed E-state index contributed by atoms with van der Waals surface area (Å²) >= 11 is 0. The molecule has 0 radical (unpaired) electrons. The minimum atomic E-state index is -0.236. The second-order valence-electron chi connectivity index (χ2n) is 4.25. The molecule has 0 saturated carbocycles. The molecule has 2 aliphatic heterocycles. The van der Waals surface area contributed by atoms with Crippen LogP contribution in [-0.4, -0.2) is 55.7 Å². The molecule has 0 aromatic carbocycles. The number of ether oxygens (including phenoxy) is 1. The van der Waals surface area contributed by atoms with Crippen LogP contribution >= 0.6 is 0 Å². The SMILES string of the molecule is NC(=O)C1CNCCN1CC1CCCO1. The molecule has 2 rings (SSSR count). The minimum absolute atomic E-state index is 0.164. The molecule has 2 saturated heterocycles. The Balaban J connectivity index is 1.89. The van der Waals surface area contributed by atoms with E-state index in [1.165, 1.54) is 0 Å². The number of nitrogens with zero attached hydrogens (tertiary/aromatic N) is 1. The molecule has 0 spiro atoms. The average Bonchev–Trinajstić information content (AvgIpc) is 2.71. The number of carbonyl (C=O) groups is 1. The first-order chi connectivity index (χ1) is 7.27. The van der Waals surface area contributed by atoms with Gasteiger partial charge in [-0.15, -0.1) is 0 Å². The molecule has 2 heterocycles. The van der Waals surface area contributed by atoms with Crippen LogP contribution in [0.5, 0.6) is 0 Å². The summed E-state index contributed by atoms with van der Waals surface area (Å²) in [5.41, 5.74) is 5.37. The number of nitrogens with one attached hydrogen (secondary N) is 1. The molecule has 0 aromatic heterocycles. The van der Waals surface area contributed by atoms with Crippen molar-refractivity contribution in [1.82, 2.24) is 10.2 Å². The van der Waals surface area contributed by atoms with E-state index >= 15 is 0 Å². The quantitative estimate of drug-likeness (QED) is 0.626. The number of carbonyl (C=O) groups excluding carboxylic acids is 1. The molecule has 86 valence electrons. The van der Waals surface area contributed by atoms with Gasteiger partial charge in [-0.05, 0) is 12.8 Å². The molecule has 1 amide bonds. The standard InChI is InChI=1S/C10H19N3O2/c11-10(14)9-6-12-3-4-13(9)7-8-2-1-5-15-8/h8-9,12H,1-7H2,(H2,11,14). The normalized spacial score (nSPS) is 33.1. The topological polar surface area (TPSA) is 67.6 Å². The van der Waals surface area contributed by atoms with Crippen LogP contribution in [0, 0.1) is 0 Å². The lowest BCUT2D eigenvalue weighted by atomic mass is 10.1. The predicted octanol–water partition coefficient (Wildman–Crippen LogP) is -1.08. The first kappa shape index (κ1) is 10.9. The molecule has 3 N–H and O–H groups in total. The van der Waals surface area contributed by atoms with E-state index in [2.05, 4.69) is 10.2 Å². The van der Waals surface area contributed by atoms with Gasteiger partial charge in [-0.1, -0.05) is 0 Å². The van der Waals surface area contributed by atoms with Crippen molar-refractivity contribution >= 4 is 5.91 Å². The maximum atomic E-state index is 11.2. The van der Waals surface area contributed by atoms with Crippen LogP contribution in [0.3, 0.4) is 0 Å². The number of amides is 1. The summed E-state index contributed by atoms with van der Waals surface area (Å²) in [6.07, 6.45) is 2.54. The lowest BCUT2D eigenvalue weighted by Gasteiger charge is -2.35. The molecule has 2 atom stereocenters. The van der Waals surface area contributed by atoms with Crippen LogP contribution in [0.25, 0.3) is 0 Å². The number of nitrogens with two attached hydrogens (primary N) is 1. The lowest BCUT2D eigenvalue weighted by Crippen LogP contribution is -2.58. The summed E-state index contributed by atoms with van der Waals surface area (Å²) in [7, 11) is 0. The zero-order valence-corrected chi connectivity index (χ0v) is 8.95. The van der Waals surface area contributed by atoms with Gasteiger partial charge in [0.15, 0.2) is 0 Å². The first-order valence-electron chi connectivity index (χ1n) is 5.63. The number of piperazine rings is 1. The molecular formula is C10H19N3O2. The molecule has 15 heavy (non-hydrogen) atoms. The van der Waals surface area contributed by atoms with Gasteiger partial charge in [-0.2, -0.15) is 0 Å². The fraction of sp³-hybridized carbons (Fsp3) is 0.900. The van der Waals surface area contributed by atoms with Gasteiger partial charge in [0.1, 0.15) is 6.04 Å². The lowest BCUT2D eigenvalue weighted by molar-refractivity contribution is -0.124. The van der Waals surface area contributed by atoms with Crippen LogP contribution in [-0.2, 0) is 9.53 Å². The Hall–Kier alpha value is -0.650. The maximum absolute atomic E-state index is 11.2. The fourth-order valence-electron chi connectivity index (χ4n) is 2.30. The average molecular weight is 213 g/mol. The largest absolute Gasteiger partial charge is 0.377 e. The Morgan fingerprint density at radius 2 is 2.47 bits per heavy atom. The van der Waals surface area contributed by atoms with Gasteiger partial charge in [0.2, 0.25) is 5.91 Å². The molecule has 5 heteroatoms. The number of hydrogen-bond acceptors (Lipinski definition) is 4. The minimum Gasteiger partial charge on any atom is -0.377 e. The molecule has 0 aromatic rings. The van der Waals surface area contributed by atoms with Gasteiger partial charge in [0.05, 0.1) is 6.10 Å². The third-order valence-corrected chi connectivity index (χ3v) is 3.14. The van der Waals surface area contributed by atoms with Crippen LogP contribution in [0.2, 0.25) is 0 Å². The van der Waals surface area contributed by atoms with E-state index in [9.17, 15) is 4.79 Å². The Bertz CT molecular complexity index is 229. The summed E-state index contributed by atoms with van der Waals surface area (Å²) in [6.45, 7) is 4.18. The van der Waals surface area contributed by atoms with E-state index in [0.29, 0.717) is 12.6 Å². The van der Waals surface area contributed by atoms with Crippen molar-refractivity contribution in [2.45, 2.75) is 25.0 Å². The Labute approximate surface area is 89.9 Å². The zero-order chi connectivity index (χ0) is 10.7. The van der Waals surface area contributed by atoms with E-state index in [1.807, 2.05) is 0 Å². The van der Waals surface area contributed by atoms with Crippen molar-refractivity contribution in [2.75, 3.05) is 32.8 Å². The molecule has 0 aliphatic carbocycles. The second-order valence-corrected chi connectivity index (χ2v) is 4.25. The summed E-state index contributed by atoms with van der Waals surface area (Å²) in [5, 5.41) is 3.19. The van der Waals surface area contributed by atoms with Gasteiger partial charge >= 0.3 is 0 Å². The highest BCUT2D eigenvalue weighted by Crippen LogP contribution is 2.15. The highest BCUT2D eigenvalue weighted by Gasteiger charge is 2.29. The van der Waals surface area contributed by atoms with E-state index in [0.717, 1.165) is 39.1 Å². The Kier molecular flexibility index (Phi) is 3.56. The predicted molar refractivity (Wildman–Crippen MR) is 56.4 cm³/mol. The van der Waals surface area contributed by atoms with Crippen LogP contribution in [0.4, 0.5) is 0 Å². The monoisotopic (exact) mass is 213 g/mol. The van der Waals surface area contributed by atoms with Crippen molar-refractivity contribution in [3.8, 4) is 0 Å². The highest BCUT2D eigenvalue weighted by molar-refractivity contribution is 5.80. The fourth-order valence-corrected chi connectivity index (χ4v) is 2.30. The first-order valence-corrected chi connectivity index (χ1v) is 5.63. The highest BCUT2D eigenvalue weighted by atomic mass is 16.5. The van der Waals surface area contributed by atoms with Crippen molar-refractivity contribution in [3.05, 3.63) is 0 Å². The number of hydrogen-bond donors (Lipinski definition) is 2. The van der Waals surface area contributed by atoms with Gasteiger partial charge in [0.25, 0.3) is 0 Å². The Morgan fingerprint density at radius 1 is 1.60 bits per heavy atom. The summed E-state index contributed by atoms with van der Waals surface area (Å²) < 4.78 is 5.57. The van der Waals surface area contributed by atoms with Crippen molar-refractivity contribution in [1.29, 1.82) is 0 Å². The van der Waals surface area contributed by atoms with Crippen LogP contribution in [0.1, 0.15) is 12.8 Å². The van der Waals surface area contributed by atoms with Crippen molar-refractivity contribution in [3.63, 3.8) is 0 Å². The van der Waals surface area contributed by atoms with E-state index in [1.54, 1.807) is 0 Å². The maximum Gasteiger partial charge on any atom is 0.236 e. The van der Waals surface area contributed by atoms with Crippen LogP contribution < -0.4 is 11.1 Å². The summed E-state index contributed by atoms with van der Waals surface area (Å²) in [5.74, 6) is -0.236. The van der Waals surface area contributed by atoms with E-state index in [4.69, 9.17) is 10.5 Å². The van der Waals surface area contributed by atoms with Gasteiger partial charge in [-0.25, -0.2) is 0 Å². The molecular weight excluding hydrogens is 194 g/mol. The smallest absolute Gasteiger partial charge is 0.236 e. The van der Waals surface area contributed by atoms with Crippen LogP contribution in [0.15, 0.2) is 0 Å². The van der Waals surface area contributed by atoms with E-state index in [-0.39, 0.29) is 11.9 Å². The number of primary amides is 1. The van der Waals surface area contributed by atoms with Gasteiger partial charge < -0.3 is 15.8 Å². The zero-order valence-electron chi connectivity index (χ0n) is 8.95. The summed E-state index contributed by atoms with van der Waals surface area (Å²) in [4.78, 5) is 13.4. The van der Waals surface area contributed by atoms with Gasteiger partial charge in [-0.3, -0.25) is 9.69 Å². The van der Waals surface area contributed by atoms with Gasteiger partial charge in [0, 0.05) is 32.8 Å². The van der Waals surface area contributed by atoms with Crippen molar-refractivity contribution in [2.24, 2.45) is 5.73 Å². The van der Waals surface area contributed by atoms with E-state index < -0.39 is 0 Å². The molecule has 2 aliphatic rings. The molecule has 5 nitrogen and oxygen atoms in total. The van der Waals surface area contributed by atoms with Crippen molar-refractivity contribution < 1.29 is 9.53 Å². The Morgan fingerprint density at radius 3 is 3.13 bits per heavy atom. The third kappa shape index (κ3) is 2.68. The molecule has 0 bridgehead atoms.